The molecule has 1 fully saturated rings. The number of benzene rings is 3. The second-order valence-electron chi connectivity index (χ2n) is 6.15. The van der Waals surface area contributed by atoms with E-state index in [4.69, 9.17) is 9.05 Å². The molecule has 0 aromatic heterocycles. The van der Waals surface area contributed by atoms with Gasteiger partial charge < -0.3 is 9.05 Å². The Morgan fingerprint density at radius 2 is 0.852 bits per heavy atom. The molecule has 6 heteroatoms. The molecule has 0 radical (unpaired) electrons. The van der Waals surface area contributed by atoms with E-state index in [1.54, 1.807) is 36.4 Å². The van der Waals surface area contributed by atoms with E-state index >= 15 is 0 Å². The summed E-state index contributed by atoms with van der Waals surface area (Å²) in [4.78, 5) is 0. The maximum absolute atomic E-state index is 13.6. The van der Waals surface area contributed by atoms with E-state index in [0.717, 1.165) is 16.7 Å². The lowest BCUT2D eigenvalue weighted by atomic mass is 9.84. The Morgan fingerprint density at radius 1 is 0.556 bits per heavy atom. The summed E-state index contributed by atoms with van der Waals surface area (Å²) in [5, 5.41) is -0.944. The average Bonchev–Trinajstić information content (AvgIpc) is 3.21. The molecule has 0 saturated carbocycles. The fourth-order valence-electron chi connectivity index (χ4n) is 3.36. The molecule has 0 aliphatic carbocycles. The SMILES string of the molecule is Fc1ccc(C(c2ccc(F)cc2)(c2ccc(F)cc2)P2OCCO2)cc1. The Morgan fingerprint density at radius 3 is 1.15 bits per heavy atom. The van der Waals surface area contributed by atoms with E-state index in [-0.39, 0.29) is 17.5 Å². The summed E-state index contributed by atoms with van der Waals surface area (Å²) < 4.78 is 52.7. The van der Waals surface area contributed by atoms with Gasteiger partial charge in [-0.2, -0.15) is 0 Å². The van der Waals surface area contributed by atoms with E-state index in [2.05, 4.69) is 0 Å². The summed E-state index contributed by atoms with van der Waals surface area (Å²) in [6, 6.07) is 18.2. The van der Waals surface area contributed by atoms with Crippen LogP contribution in [0.2, 0.25) is 0 Å². The quantitative estimate of drug-likeness (QED) is 0.418. The van der Waals surface area contributed by atoms with Crippen LogP contribution in [0.3, 0.4) is 0 Å². The molecule has 0 unspecified atom stereocenters. The van der Waals surface area contributed by atoms with Gasteiger partial charge in [0.1, 0.15) is 22.6 Å². The van der Waals surface area contributed by atoms with Gasteiger partial charge in [-0.25, -0.2) is 13.2 Å². The van der Waals surface area contributed by atoms with Crippen molar-refractivity contribution in [2.24, 2.45) is 0 Å². The average molecular weight is 388 g/mol. The molecule has 0 N–H and O–H groups in total. The highest BCUT2D eigenvalue weighted by Gasteiger charge is 2.48. The van der Waals surface area contributed by atoms with Crippen molar-refractivity contribution >= 4 is 8.38 Å². The molecule has 1 aliphatic rings. The van der Waals surface area contributed by atoms with E-state index in [1.807, 2.05) is 0 Å². The summed E-state index contributed by atoms with van der Waals surface area (Å²) in [6.45, 7) is 0.855. The first-order valence-corrected chi connectivity index (χ1v) is 9.62. The molecule has 138 valence electrons. The van der Waals surface area contributed by atoms with Crippen molar-refractivity contribution in [2.45, 2.75) is 5.16 Å². The van der Waals surface area contributed by atoms with Crippen LogP contribution >= 0.6 is 8.38 Å². The molecular formula is C21H16F3O2P. The topological polar surface area (TPSA) is 18.5 Å². The highest BCUT2D eigenvalue weighted by Crippen LogP contribution is 2.66. The van der Waals surface area contributed by atoms with Crippen LogP contribution in [0.25, 0.3) is 0 Å². The van der Waals surface area contributed by atoms with Crippen LogP contribution in [-0.4, -0.2) is 13.2 Å². The van der Waals surface area contributed by atoms with Crippen LogP contribution in [0.1, 0.15) is 16.7 Å². The monoisotopic (exact) mass is 388 g/mol. The summed E-state index contributed by atoms with van der Waals surface area (Å²) in [6.07, 6.45) is 0. The minimum Gasteiger partial charge on any atom is -0.331 e. The first-order valence-electron chi connectivity index (χ1n) is 8.45. The van der Waals surface area contributed by atoms with Gasteiger partial charge in [0.25, 0.3) is 0 Å². The first kappa shape index (κ1) is 18.2. The lowest BCUT2D eigenvalue weighted by molar-refractivity contribution is 0.365. The van der Waals surface area contributed by atoms with Crippen molar-refractivity contribution < 1.29 is 22.2 Å². The fourth-order valence-corrected chi connectivity index (χ4v) is 5.38. The van der Waals surface area contributed by atoms with Gasteiger partial charge in [-0.15, -0.1) is 0 Å². The van der Waals surface area contributed by atoms with Crippen LogP contribution in [-0.2, 0) is 14.2 Å². The van der Waals surface area contributed by atoms with Gasteiger partial charge in [-0.3, -0.25) is 0 Å². The van der Waals surface area contributed by atoms with Gasteiger partial charge in [-0.1, -0.05) is 36.4 Å². The maximum atomic E-state index is 13.6. The van der Waals surface area contributed by atoms with Crippen molar-refractivity contribution in [2.75, 3.05) is 13.2 Å². The van der Waals surface area contributed by atoms with Crippen LogP contribution in [0.4, 0.5) is 13.2 Å². The van der Waals surface area contributed by atoms with Crippen LogP contribution in [0.15, 0.2) is 72.8 Å². The molecule has 0 amide bonds. The third kappa shape index (κ3) is 3.27. The maximum Gasteiger partial charge on any atom is 0.191 e. The standard InChI is InChI=1S/C21H16F3O2P/c22-18-7-1-15(2-8-18)21(27-25-13-14-26-27,16-3-9-19(23)10-4-16)17-5-11-20(24)12-6-17/h1-12H,13-14H2. The first-order chi connectivity index (χ1) is 13.1. The Hall–Kier alpha value is -2.20. The van der Waals surface area contributed by atoms with Gasteiger partial charge in [0.15, 0.2) is 8.38 Å². The molecule has 3 aromatic rings. The lowest BCUT2D eigenvalue weighted by Crippen LogP contribution is -2.28. The second-order valence-corrected chi connectivity index (χ2v) is 7.86. The second kappa shape index (κ2) is 7.43. The van der Waals surface area contributed by atoms with Crippen LogP contribution in [0, 0.1) is 17.5 Å². The molecule has 0 atom stereocenters. The highest BCUT2D eigenvalue weighted by atomic mass is 31.2. The lowest BCUT2D eigenvalue weighted by Gasteiger charge is -2.38. The third-order valence-electron chi connectivity index (χ3n) is 4.56. The van der Waals surface area contributed by atoms with Gasteiger partial charge in [0, 0.05) is 0 Å². The Labute approximate surface area is 156 Å². The molecule has 4 rings (SSSR count). The Bertz CT molecular complexity index is 795. The fraction of sp³-hybridized carbons (Fsp3) is 0.143. The van der Waals surface area contributed by atoms with Gasteiger partial charge in [0.2, 0.25) is 0 Å². The summed E-state index contributed by atoms with van der Waals surface area (Å²) >= 11 is 0. The van der Waals surface area contributed by atoms with Gasteiger partial charge in [-0.05, 0) is 53.1 Å². The molecule has 1 aliphatic heterocycles. The predicted molar refractivity (Wildman–Crippen MR) is 97.9 cm³/mol. The normalized spacial score (nSPS) is 15.2. The van der Waals surface area contributed by atoms with Gasteiger partial charge >= 0.3 is 0 Å². The molecule has 0 bridgehead atoms. The van der Waals surface area contributed by atoms with Crippen LogP contribution < -0.4 is 0 Å². The zero-order valence-corrected chi connectivity index (χ0v) is 15.1. The smallest absolute Gasteiger partial charge is 0.191 e. The van der Waals surface area contributed by atoms with Crippen molar-refractivity contribution in [1.82, 2.24) is 0 Å². The zero-order chi connectivity index (χ0) is 18.9. The number of hydrogen-bond donors (Lipinski definition) is 0. The molecule has 27 heavy (non-hydrogen) atoms. The number of halogens is 3. The largest absolute Gasteiger partial charge is 0.331 e. The van der Waals surface area contributed by atoms with Crippen LogP contribution in [0.5, 0.6) is 0 Å². The van der Waals surface area contributed by atoms with Crippen molar-refractivity contribution in [1.29, 1.82) is 0 Å². The molecule has 1 saturated heterocycles. The van der Waals surface area contributed by atoms with E-state index in [0.29, 0.717) is 13.2 Å². The highest BCUT2D eigenvalue weighted by molar-refractivity contribution is 7.49. The zero-order valence-electron chi connectivity index (χ0n) is 14.2. The van der Waals surface area contributed by atoms with E-state index in [1.165, 1.54) is 36.4 Å². The van der Waals surface area contributed by atoms with E-state index < -0.39 is 13.5 Å². The summed E-state index contributed by atoms with van der Waals surface area (Å²) in [5.74, 6) is -1.11. The molecule has 1 heterocycles. The number of rotatable bonds is 4. The van der Waals surface area contributed by atoms with E-state index in [9.17, 15) is 13.2 Å². The van der Waals surface area contributed by atoms with Crippen molar-refractivity contribution in [3.8, 4) is 0 Å². The van der Waals surface area contributed by atoms with Crippen molar-refractivity contribution in [3.05, 3.63) is 107 Å². The summed E-state index contributed by atoms with van der Waals surface area (Å²) in [7, 11) is -1.52. The van der Waals surface area contributed by atoms with Crippen molar-refractivity contribution in [3.63, 3.8) is 0 Å². The summed E-state index contributed by atoms with van der Waals surface area (Å²) in [5.41, 5.74) is 2.19. The molecule has 3 aromatic carbocycles. The third-order valence-corrected chi connectivity index (χ3v) is 6.72. The Kier molecular flexibility index (Phi) is 5.00. The minimum absolute atomic E-state index is 0.369. The number of hydrogen-bond acceptors (Lipinski definition) is 2. The molecular weight excluding hydrogens is 372 g/mol. The molecule has 2 nitrogen and oxygen atoms in total. The predicted octanol–water partition coefficient (Wildman–Crippen LogP) is 5.75. The van der Waals surface area contributed by atoms with Gasteiger partial charge in [0.05, 0.1) is 13.2 Å². The Balaban J connectivity index is 2.02. The molecule has 0 spiro atoms. The minimum atomic E-state index is -1.52.